The van der Waals surface area contributed by atoms with E-state index in [0.717, 1.165) is 41.1 Å². The first kappa shape index (κ1) is 31.3. The predicted octanol–water partition coefficient (Wildman–Crippen LogP) is 9.05. The molecule has 2 saturated carbocycles. The molecule has 0 aliphatic heterocycles. The lowest BCUT2D eigenvalue weighted by Crippen LogP contribution is -2.25. The lowest BCUT2D eigenvalue weighted by molar-refractivity contribution is -0.137. The molecule has 1 N–H and O–H groups in total. The van der Waals surface area contributed by atoms with Gasteiger partial charge < -0.3 is 14.6 Å². The fourth-order valence-electron chi connectivity index (χ4n) is 7.25. The fourth-order valence-corrected chi connectivity index (χ4v) is 7.25. The number of aryl methyl sites for hydroxylation is 1. The van der Waals surface area contributed by atoms with Gasteiger partial charge in [-0.1, -0.05) is 82.4 Å². The van der Waals surface area contributed by atoms with Gasteiger partial charge in [0, 0.05) is 6.08 Å². The molecule has 0 heterocycles. The van der Waals surface area contributed by atoms with Gasteiger partial charge in [-0.15, -0.1) is 0 Å². The van der Waals surface area contributed by atoms with Crippen LogP contribution >= 0.6 is 0 Å². The van der Waals surface area contributed by atoms with E-state index in [0.29, 0.717) is 18.9 Å². The Hall–Kier alpha value is -2.59. The van der Waals surface area contributed by atoms with Crippen molar-refractivity contribution in [3.05, 3.63) is 66.2 Å². The lowest BCUT2D eigenvalue weighted by atomic mass is 9.68. The van der Waals surface area contributed by atoms with Crippen LogP contribution in [0.1, 0.15) is 107 Å². The van der Waals surface area contributed by atoms with E-state index in [2.05, 4.69) is 49.9 Å². The van der Waals surface area contributed by atoms with Gasteiger partial charge in [0.25, 0.3) is 0 Å². The van der Waals surface area contributed by atoms with E-state index >= 15 is 0 Å². The molecular weight excluding hydrogens is 508 g/mol. The summed E-state index contributed by atoms with van der Waals surface area (Å²) in [6, 6.07) is 15.5. The molecule has 224 valence electrons. The van der Waals surface area contributed by atoms with Crippen LogP contribution < -0.4 is 4.74 Å². The van der Waals surface area contributed by atoms with Crippen LogP contribution in [-0.4, -0.2) is 30.9 Å². The summed E-state index contributed by atoms with van der Waals surface area (Å²) in [5.74, 6) is 4.00. The second-order valence-corrected chi connectivity index (χ2v) is 12.4. The fraction of sp³-hybridized carbons (Fsp3) is 0.595. The van der Waals surface area contributed by atoms with Gasteiger partial charge in [-0.25, -0.2) is 4.79 Å². The maximum atomic E-state index is 11.4. The van der Waals surface area contributed by atoms with Gasteiger partial charge in [0.15, 0.2) is 0 Å². The standard InChI is InChI=1S/C37H52O4/c1-3-5-6-8-28-10-12-29(13-11-28)30-14-16-31(17-15-30)32-18-20-33(21-19-32)34-22-23-36(40-26-24-38)35(27-34)9-7-25-41-37(39)4-2/h4,18-23,27-31,38H,2-3,5-17,24-26H2,1H3. The molecule has 2 fully saturated rings. The van der Waals surface area contributed by atoms with Crippen LogP contribution in [0.5, 0.6) is 5.75 Å². The van der Waals surface area contributed by atoms with Crippen molar-refractivity contribution in [1.82, 2.24) is 0 Å². The SMILES string of the molecule is C=CC(=O)OCCCc1cc(-c2ccc(C3CCC(C4CCC(CCCCC)CC4)CC3)cc2)ccc1OCCO. The first-order valence-corrected chi connectivity index (χ1v) is 16.4. The Kier molecular flexibility index (Phi) is 12.8. The molecule has 0 amide bonds. The van der Waals surface area contributed by atoms with Gasteiger partial charge in [0.1, 0.15) is 12.4 Å². The Morgan fingerprint density at radius 2 is 1.56 bits per heavy atom. The van der Waals surface area contributed by atoms with E-state index in [1.54, 1.807) is 0 Å². The van der Waals surface area contributed by atoms with Crippen molar-refractivity contribution in [2.75, 3.05) is 19.8 Å². The highest BCUT2D eigenvalue weighted by Crippen LogP contribution is 2.44. The smallest absolute Gasteiger partial charge is 0.330 e. The number of aliphatic hydroxyl groups is 1. The van der Waals surface area contributed by atoms with Gasteiger partial charge in [0.05, 0.1) is 13.2 Å². The van der Waals surface area contributed by atoms with Crippen LogP contribution in [0.25, 0.3) is 11.1 Å². The number of hydrogen-bond donors (Lipinski definition) is 1. The van der Waals surface area contributed by atoms with Gasteiger partial charge in [0.2, 0.25) is 0 Å². The molecule has 0 aromatic heterocycles. The molecule has 0 spiro atoms. The Labute approximate surface area is 248 Å². The highest BCUT2D eigenvalue weighted by atomic mass is 16.5. The van der Waals surface area contributed by atoms with Crippen molar-refractivity contribution in [3.8, 4) is 16.9 Å². The minimum Gasteiger partial charge on any atom is -0.491 e. The van der Waals surface area contributed by atoms with Gasteiger partial charge >= 0.3 is 5.97 Å². The summed E-state index contributed by atoms with van der Waals surface area (Å²) in [5, 5.41) is 9.22. The van der Waals surface area contributed by atoms with E-state index in [1.165, 1.54) is 94.3 Å². The molecule has 0 unspecified atom stereocenters. The maximum Gasteiger partial charge on any atom is 0.330 e. The molecular formula is C37H52O4. The zero-order chi connectivity index (χ0) is 28.9. The maximum absolute atomic E-state index is 11.4. The molecule has 4 nitrogen and oxygen atoms in total. The number of aliphatic hydroxyl groups excluding tert-OH is 1. The summed E-state index contributed by atoms with van der Waals surface area (Å²) >= 11 is 0. The minimum absolute atomic E-state index is 0.0260. The van der Waals surface area contributed by atoms with E-state index in [1.807, 2.05) is 6.07 Å². The number of unbranched alkanes of at least 4 members (excludes halogenated alkanes) is 2. The molecule has 0 saturated heterocycles. The molecule has 41 heavy (non-hydrogen) atoms. The van der Waals surface area contributed by atoms with E-state index < -0.39 is 5.97 Å². The van der Waals surface area contributed by atoms with Crippen molar-refractivity contribution in [2.24, 2.45) is 17.8 Å². The van der Waals surface area contributed by atoms with Crippen LogP contribution in [0.2, 0.25) is 0 Å². The minimum atomic E-state index is -0.399. The topological polar surface area (TPSA) is 55.8 Å². The highest BCUT2D eigenvalue weighted by molar-refractivity contribution is 5.81. The van der Waals surface area contributed by atoms with Crippen LogP contribution in [0.3, 0.4) is 0 Å². The summed E-state index contributed by atoms with van der Waals surface area (Å²) in [4.78, 5) is 11.4. The van der Waals surface area contributed by atoms with E-state index in [9.17, 15) is 9.90 Å². The number of rotatable bonds is 15. The zero-order valence-electron chi connectivity index (χ0n) is 25.3. The molecule has 2 aliphatic rings. The van der Waals surface area contributed by atoms with Crippen LogP contribution in [0.4, 0.5) is 0 Å². The van der Waals surface area contributed by atoms with Gasteiger partial charge in [-0.2, -0.15) is 0 Å². The molecule has 2 aromatic carbocycles. The lowest BCUT2D eigenvalue weighted by Gasteiger charge is -2.38. The van der Waals surface area contributed by atoms with Crippen LogP contribution in [-0.2, 0) is 16.0 Å². The quantitative estimate of drug-likeness (QED) is 0.134. The summed E-state index contributed by atoms with van der Waals surface area (Å²) in [7, 11) is 0. The number of benzene rings is 2. The zero-order valence-corrected chi connectivity index (χ0v) is 25.3. The number of hydrogen-bond acceptors (Lipinski definition) is 4. The van der Waals surface area contributed by atoms with Crippen molar-refractivity contribution >= 4 is 5.97 Å². The average Bonchev–Trinajstić information content (AvgIpc) is 3.03. The molecule has 2 aliphatic carbocycles. The van der Waals surface area contributed by atoms with Crippen molar-refractivity contribution < 1.29 is 19.4 Å². The van der Waals surface area contributed by atoms with Gasteiger partial charge in [-0.3, -0.25) is 0 Å². The molecule has 0 radical (unpaired) electrons. The number of ether oxygens (including phenoxy) is 2. The number of carbonyl (C=O) groups excluding carboxylic acids is 1. The van der Waals surface area contributed by atoms with Crippen LogP contribution in [0, 0.1) is 17.8 Å². The third kappa shape index (κ3) is 9.46. The predicted molar refractivity (Wildman–Crippen MR) is 168 cm³/mol. The molecule has 2 aromatic rings. The molecule has 4 rings (SSSR count). The van der Waals surface area contributed by atoms with Crippen LogP contribution in [0.15, 0.2) is 55.1 Å². The van der Waals surface area contributed by atoms with Crippen molar-refractivity contribution in [2.45, 2.75) is 103 Å². The average molecular weight is 561 g/mol. The van der Waals surface area contributed by atoms with Crippen molar-refractivity contribution in [3.63, 3.8) is 0 Å². The molecule has 4 heteroatoms. The summed E-state index contributed by atoms with van der Waals surface area (Å²) in [5.41, 5.74) is 4.90. The summed E-state index contributed by atoms with van der Waals surface area (Å²) in [6.45, 7) is 6.32. The monoisotopic (exact) mass is 560 g/mol. The Morgan fingerprint density at radius 3 is 2.22 bits per heavy atom. The third-order valence-corrected chi connectivity index (χ3v) is 9.67. The second-order valence-electron chi connectivity index (χ2n) is 12.4. The number of carbonyl (C=O) groups is 1. The number of esters is 1. The normalized spacial score (nSPS) is 22.7. The first-order valence-electron chi connectivity index (χ1n) is 16.4. The molecule has 0 atom stereocenters. The third-order valence-electron chi connectivity index (χ3n) is 9.67. The summed E-state index contributed by atoms with van der Waals surface area (Å²) in [6.07, 6.45) is 19.7. The van der Waals surface area contributed by atoms with Crippen molar-refractivity contribution in [1.29, 1.82) is 0 Å². The highest BCUT2D eigenvalue weighted by Gasteiger charge is 2.31. The van der Waals surface area contributed by atoms with E-state index in [4.69, 9.17) is 9.47 Å². The summed E-state index contributed by atoms with van der Waals surface area (Å²) < 4.78 is 10.9. The van der Waals surface area contributed by atoms with E-state index in [-0.39, 0.29) is 13.2 Å². The Bertz CT molecular complexity index is 1060. The largest absolute Gasteiger partial charge is 0.491 e. The Balaban J connectivity index is 1.29. The first-order chi connectivity index (χ1) is 20.1. The van der Waals surface area contributed by atoms with Gasteiger partial charge in [-0.05, 0) is 109 Å². The molecule has 0 bridgehead atoms. The Morgan fingerprint density at radius 1 is 0.878 bits per heavy atom. The second kappa shape index (κ2) is 16.8.